The van der Waals surface area contributed by atoms with Crippen LogP contribution in [0.1, 0.15) is 24.2 Å². The Morgan fingerprint density at radius 2 is 1.80 bits per heavy atom. The number of rotatable bonds is 2. The van der Waals surface area contributed by atoms with E-state index in [9.17, 15) is 9.59 Å². The molecule has 0 spiro atoms. The number of ether oxygens (including phenoxy) is 1. The summed E-state index contributed by atoms with van der Waals surface area (Å²) in [5, 5.41) is 0. The molecule has 0 atom stereocenters. The summed E-state index contributed by atoms with van der Waals surface area (Å²) in [4.78, 5) is 22.7. The molecule has 3 nitrogen and oxygen atoms in total. The molecule has 0 aliphatic heterocycles. The van der Waals surface area contributed by atoms with E-state index in [2.05, 4.69) is 4.74 Å². The molecule has 0 aliphatic carbocycles. The summed E-state index contributed by atoms with van der Waals surface area (Å²) in [6.45, 7) is 3.31. The van der Waals surface area contributed by atoms with Crippen molar-refractivity contribution in [2.45, 2.75) is 13.8 Å². The second-order valence-corrected chi connectivity index (χ2v) is 3.01. The molecule has 0 saturated carbocycles. The largest absolute Gasteiger partial charge is 0.386 e. The summed E-state index contributed by atoms with van der Waals surface area (Å²) in [6.07, 6.45) is 1.60. The van der Waals surface area contributed by atoms with E-state index in [-0.39, 0.29) is 0 Å². The highest BCUT2D eigenvalue weighted by Gasteiger charge is 2.12. The summed E-state index contributed by atoms with van der Waals surface area (Å²) in [7, 11) is 0. The van der Waals surface area contributed by atoms with Crippen LogP contribution >= 0.6 is 0 Å². The number of hydrogen-bond donors (Lipinski definition) is 0. The van der Waals surface area contributed by atoms with Gasteiger partial charge in [-0.15, -0.1) is 0 Å². The number of carbonyl (C=O) groups excluding carboxylic acids is 2. The Balaban J connectivity index is 2.69. The fourth-order valence-electron chi connectivity index (χ4n) is 0.916. The lowest BCUT2D eigenvalue weighted by molar-refractivity contribution is -0.133. The van der Waals surface area contributed by atoms with Crippen LogP contribution in [-0.4, -0.2) is 11.9 Å². The smallest absolute Gasteiger partial charge is 0.346 e. The molecule has 1 aromatic carbocycles. The maximum atomic E-state index is 11.4. The van der Waals surface area contributed by atoms with Gasteiger partial charge in [0.05, 0.1) is 5.56 Å². The first-order chi connectivity index (χ1) is 7.15. The lowest BCUT2D eigenvalue weighted by Gasteiger charge is -2.02. The molecule has 0 N–H and O–H groups in total. The van der Waals surface area contributed by atoms with Gasteiger partial charge in [0.15, 0.2) is 0 Å². The van der Waals surface area contributed by atoms with E-state index in [1.165, 1.54) is 0 Å². The second kappa shape index (κ2) is 5.10. The lowest BCUT2D eigenvalue weighted by Crippen LogP contribution is -2.13. The molecule has 0 aromatic heterocycles. The zero-order valence-corrected chi connectivity index (χ0v) is 8.69. The number of esters is 2. The van der Waals surface area contributed by atoms with Crippen LogP contribution in [0.15, 0.2) is 42.0 Å². The average molecular weight is 204 g/mol. The Bertz CT molecular complexity index is 391. The Labute approximate surface area is 88.4 Å². The quantitative estimate of drug-likeness (QED) is 0.422. The normalized spacial score (nSPS) is 10.9. The number of benzene rings is 1. The van der Waals surface area contributed by atoms with E-state index >= 15 is 0 Å². The summed E-state index contributed by atoms with van der Waals surface area (Å²) in [6, 6.07) is 8.41. The summed E-state index contributed by atoms with van der Waals surface area (Å²) in [5.74, 6) is -1.23. The first-order valence-corrected chi connectivity index (χ1v) is 4.59. The SMILES string of the molecule is CC=C(C)C(=O)OC(=O)c1ccccc1. The van der Waals surface area contributed by atoms with Gasteiger partial charge in [0, 0.05) is 5.57 Å². The number of allylic oxidation sites excluding steroid dienone is 1. The predicted octanol–water partition coefficient (Wildman–Crippen LogP) is 2.34. The van der Waals surface area contributed by atoms with E-state index in [1.54, 1.807) is 50.3 Å². The van der Waals surface area contributed by atoms with Gasteiger partial charge in [0.1, 0.15) is 0 Å². The first kappa shape index (κ1) is 11.2. The van der Waals surface area contributed by atoms with Crippen LogP contribution in [-0.2, 0) is 9.53 Å². The van der Waals surface area contributed by atoms with E-state index < -0.39 is 11.9 Å². The molecule has 3 heteroatoms. The van der Waals surface area contributed by atoms with Gasteiger partial charge in [-0.2, -0.15) is 0 Å². The highest BCUT2D eigenvalue weighted by atomic mass is 16.6. The minimum absolute atomic E-state index is 0.370. The molecule has 15 heavy (non-hydrogen) atoms. The van der Waals surface area contributed by atoms with Gasteiger partial charge < -0.3 is 4.74 Å². The van der Waals surface area contributed by atoms with Crippen molar-refractivity contribution in [1.29, 1.82) is 0 Å². The number of carbonyl (C=O) groups is 2. The standard InChI is InChI=1S/C12H12O3/c1-3-9(2)11(13)15-12(14)10-7-5-4-6-8-10/h3-8H,1-2H3. The predicted molar refractivity (Wildman–Crippen MR) is 56.3 cm³/mol. The van der Waals surface area contributed by atoms with Crippen molar-refractivity contribution in [3.8, 4) is 0 Å². The van der Waals surface area contributed by atoms with Gasteiger partial charge in [0.2, 0.25) is 0 Å². The maximum Gasteiger partial charge on any atom is 0.346 e. The van der Waals surface area contributed by atoms with Crippen LogP contribution in [0.2, 0.25) is 0 Å². The Hall–Kier alpha value is -1.90. The van der Waals surface area contributed by atoms with Crippen molar-refractivity contribution < 1.29 is 14.3 Å². The van der Waals surface area contributed by atoms with Crippen LogP contribution in [0, 0.1) is 0 Å². The van der Waals surface area contributed by atoms with E-state index in [0.29, 0.717) is 11.1 Å². The van der Waals surface area contributed by atoms with Crippen molar-refractivity contribution in [3.05, 3.63) is 47.5 Å². The van der Waals surface area contributed by atoms with Crippen molar-refractivity contribution in [3.63, 3.8) is 0 Å². The fourth-order valence-corrected chi connectivity index (χ4v) is 0.916. The molecular weight excluding hydrogens is 192 g/mol. The average Bonchev–Trinajstić information content (AvgIpc) is 2.29. The third-order valence-corrected chi connectivity index (χ3v) is 1.95. The summed E-state index contributed by atoms with van der Waals surface area (Å²) >= 11 is 0. The topological polar surface area (TPSA) is 43.4 Å². The maximum absolute atomic E-state index is 11.4. The summed E-state index contributed by atoms with van der Waals surface area (Å²) in [5.41, 5.74) is 0.786. The molecule has 0 unspecified atom stereocenters. The van der Waals surface area contributed by atoms with Gasteiger partial charge in [-0.3, -0.25) is 0 Å². The molecule has 0 amide bonds. The van der Waals surface area contributed by atoms with Crippen LogP contribution in [0.4, 0.5) is 0 Å². The molecular formula is C12H12O3. The Morgan fingerprint density at radius 1 is 1.20 bits per heavy atom. The molecule has 0 radical (unpaired) electrons. The zero-order valence-electron chi connectivity index (χ0n) is 8.69. The van der Waals surface area contributed by atoms with Gasteiger partial charge in [-0.05, 0) is 26.0 Å². The monoisotopic (exact) mass is 204 g/mol. The molecule has 0 heterocycles. The van der Waals surface area contributed by atoms with Crippen LogP contribution in [0.3, 0.4) is 0 Å². The minimum atomic E-state index is -0.623. The van der Waals surface area contributed by atoms with E-state index in [1.807, 2.05) is 0 Å². The molecule has 1 rings (SSSR count). The molecule has 0 aliphatic rings. The first-order valence-electron chi connectivity index (χ1n) is 4.59. The van der Waals surface area contributed by atoms with Gasteiger partial charge in [-0.1, -0.05) is 24.3 Å². The zero-order chi connectivity index (χ0) is 11.3. The van der Waals surface area contributed by atoms with Crippen molar-refractivity contribution in [2.24, 2.45) is 0 Å². The molecule has 0 saturated heterocycles. The molecule has 1 aromatic rings. The lowest BCUT2D eigenvalue weighted by atomic mass is 10.2. The summed E-state index contributed by atoms with van der Waals surface area (Å²) < 4.78 is 4.64. The minimum Gasteiger partial charge on any atom is -0.386 e. The second-order valence-electron chi connectivity index (χ2n) is 3.01. The van der Waals surface area contributed by atoms with Crippen molar-refractivity contribution in [1.82, 2.24) is 0 Å². The molecule has 78 valence electrons. The van der Waals surface area contributed by atoms with Crippen molar-refractivity contribution >= 4 is 11.9 Å². The molecule has 0 bridgehead atoms. The van der Waals surface area contributed by atoms with Crippen LogP contribution in [0.5, 0.6) is 0 Å². The van der Waals surface area contributed by atoms with E-state index in [4.69, 9.17) is 0 Å². The third-order valence-electron chi connectivity index (χ3n) is 1.95. The highest BCUT2D eigenvalue weighted by molar-refractivity contribution is 6.01. The molecule has 0 fully saturated rings. The Kier molecular flexibility index (Phi) is 3.80. The van der Waals surface area contributed by atoms with E-state index in [0.717, 1.165) is 0 Å². The third kappa shape index (κ3) is 3.06. The Morgan fingerprint density at radius 3 is 2.33 bits per heavy atom. The fraction of sp³-hybridized carbons (Fsp3) is 0.167. The highest BCUT2D eigenvalue weighted by Crippen LogP contribution is 2.04. The van der Waals surface area contributed by atoms with Crippen LogP contribution < -0.4 is 0 Å². The van der Waals surface area contributed by atoms with Gasteiger partial charge in [0.25, 0.3) is 0 Å². The van der Waals surface area contributed by atoms with Gasteiger partial charge >= 0.3 is 11.9 Å². The number of hydrogen-bond acceptors (Lipinski definition) is 3. The van der Waals surface area contributed by atoms with Crippen molar-refractivity contribution in [2.75, 3.05) is 0 Å². The van der Waals surface area contributed by atoms with Gasteiger partial charge in [-0.25, -0.2) is 9.59 Å². The van der Waals surface area contributed by atoms with Crippen LogP contribution in [0.25, 0.3) is 0 Å².